The number of hydrogen-bond acceptors (Lipinski definition) is 2. The van der Waals surface area contributed by atoms with Gasteiger partial charge in [-0.1, -0.05) is 6.07 Å². The van der Waals surface area contributed by atoms with Crippen LogP contribution in [0.2, 0.25) is 0 Å². The van der Waals surface area contributed by atoms with Crippen LogP contribution in [0.1, 0.15) is 24.3 Å². The lowest BCUT2D eigenvalue weighted by Gasteiger charge is -2.03. The topological polar surface area (TPSA) is 39.2 Å². The van der Waals surface area contributed by atoms with Crippen LogP contribution in [-0.4, -0.2) is 0 Å². The summed E-state index contributed by atoms with van der Waals surface area (Å²) in [5, 5.41) is 0.419. The van der Waals surface area contributed by atoms with Gasteiger partial charge in [0.2, 0.25) is 5.76 Å². The highest BCUT2D eigenvalue weighted by Gasteiger charge is 2.35. The smallest absolute Gasteiger partial charge is 0.449 e. The molecule has 0 saturated carbocycles. The van der Waals surface area contributed by atoms with Gasteiger partial charge in [-0.15, -0.1) is 0 Å². The van der Waals surface area contributed by atoms with E-state index < -0.39 is 11.9 Å². The fraction of sp³-hybridized carbons (Fsp3) is 0.273. The molecule has 1 aromatic carbocycles. The summed E-state index contributed by atoms with van der Waals surface area (Å²) < 4.78 is 41.8. The normalized spacial score (nSPS) is 14.3. The lowest BCUT2D eigenvalue weighted by atomic mass is 10.1. The summed E-state index contributed by atoms with van der Waals surface area (Å²) in [4.78, 5) is 0. The predicted octanol–water partition coefficient (Wildman–Crippen LogP) is 3.47. The molecular formula is C11H10F3NO. The molecule has 2 aromatic rings. The first-order valence-corrected chi connectivity index (χ1v) is 4.74. The number of halogens is 3. The Labute approximate surface area is 89.8 Å². The van der Waals surface area contributed by atoms with Crippen LogP contribution in [-0.2, 0) is 6.18 Å². The second-order valence-corrected chi connectivity index (χ2v) is 3.69. The Hall–Kier alpha value is -1.49. The Balaban J connectivity index is 2.54. The van der Waals surface area contributed by atoms with E-state index in [0.717, 1.165) is 11.6 Å². The zero-order valence-electron chi connectivity index (χ0n) is 8.51. The van der Waals surface area contributed by atoms with Gasteiger partial charge in [-0.2, -0.15) is 13.2 Å². The zero-order chi connectivity index (χ0) is 11.9. The maximum absolute atomic E-state index is 12.4. The van der Waals surface area contributed by atoms with Crippen LogP contribution in [0.3, 0.4) is 0 Å². The van der Waals surface area contributed by atoms with E-state index in [1.54, 1.807) is 19.1 Å². The van der Waals surface area contributed by atoms with Gasteiger partial charge in [0.25, 0.3) is 0 Å². The van der Waals surface area contributed by atoms with Gasteiger partial charge in [0.15, 0.2) is 0 Å². The number of benzene rings is 1. The average Bonchev–Trinajstić information content (AvgIpc) is 2.58. The first-order chi connectivity index (χ1) is 7.38. The minimum Gasteiger partial charge on any atom is -0.452 e. The van der Waals surface area contributed by atoms with Crippen molar-refractivity contribution in [3.8, 4) is 0 Å². The molecule has 86 valence electrons. The van der Waals surface area contributed by atoms with Crippen LogP contribution in [0, 0.1) is 0 Å². The molecule has 2 rings (SSSR count). The van der Waals surface area contributed by atoms with Gasteiger partial charge in [-0.05, 0) is 30.7 Å². The van der Waals surface area contributed by atoms with E-state index in [1.807, 2.05) is 0 Å². The Morgan fingerprint density at radius 3 is 2.50 bits per heavy atom. The largest absolute Gasteiger partial charge is 0.452 e. The molecule has 0 amide bonds. The van der Waals surface area contributed by atoms with Gasteiger partial charge in [0.1, 0.15) is 5.58 Å². The third-order valence-electron chi connectivity index (χ3n) is 2.35. The summed E-state index contributed by atoms with van der Waals surface area (Å²) in [6, 6.07) is 5.55. The highest BCUT2D eigenvalue weighted by Crippen LogP contribution is 2.34. The standard InChI is InChI=1S/C11H10F3NO/c1-6(15)7-2-3-9-8(4-7)5-10(16-9)11(12,13)14/h2-6H,15H2,1H3. The third-order valence-corrected chi connectivity index (χ3v) is 2.35. The molecule has 5 heteroatoms. The molecule has 0 spiro atoms. The van der Waals surface area contributed by atoms with Crippen LogP contribution < -0.4 is 5.73 Å². The Bertz CT molecular complexity index is 513. The molecule has 2 nitrogen and oxygen atoms in total. The fourth-order valence-corrected chi connectivity index (χ4v) is 1.48. The van der Waals surface area contributed by atoms with E-state index in [4.69, 9.17) is 10.2 Å². The summed E-state index contributed by atoms with van der Waals surface area (Å²) in [5.41, 5.74) is 6.64. The maximum Gasteiger partial charge on any atom is 0.449 e. The van der Waals surface area contributed by atoms with Crippen molar-refractivity contribution in [3.05, 3.63) is 35.6 Å². The zero-order valence-corrected chi connectivity index (χ0v) is 8.51. The van der Waals surface area contributed by atoms with Crippen LogP contribution in [0.4, 0.5) is 13.2 Å². The Kier molecular flexibility index (Phi) is 2.42. The molecular weight excluding hydrogens is 219 g/mol. The molecule has 1 unspecified atom stereocenters. The molecule has 0 fully saturated rings. The van der Waals surface area contributed by atoms with Gasteiger partial charge in [-0.25, -0.2) is 0 Å². The van der Waals surface area contributed by atoms with Gasteiger partial charge < -0.3 is 10.2 Å². The van der Waals surface area contributed by atoms with E-state index >= 15 is 0 Å². The number of furan rings is 1. The summed E-state index contributed by atoms with van der Waals surface area (Å²) in [5.74, 6) is -0.982. The molecule has 1 atom stereocenters. The third kappa shape index (κ3) is 1.90. The molecule has 0 aliphatic heterocycles. The SMILES string of the molecule is CC(N)c1ccc2oc(C(F)(F)F)cc2c1. The maximum atomic E-state index is 12.4. The number of rotatable bonds is 1. The van der Waals surface area contributed by atoms with Crippen molar-refractivity contribution in [1.29, 1.82) is 0 Å². The molecule has 1 heterocycles. The summed E-state index contributed by atoms with van der Waals surface area (Å²) in [6.07, 6.45) is -4.45. The van der Waals surface area contributed by atoms with Crippen LogP contribution in [0.5, 0.6) is 0 Å². The molecule has 1 aromatic heterocycles. The van der Waals surface area contributed by atoms with Crippen molar-refractivity contribution in [1.82, 2.24) is 0 Å². The quantitative estimate of drug-likeness (QED) is 0.813. The monoisotopic (exact) mass is 229 g/mol. The summed E-state index contributed by atoms with van der Waals surface area (Å²) in [6.45, 7) is 1.77. The van der Waals surface area contributed by atoms with Gasteiger partial charge in [0.05, 0.1) is 0 Å². The van der Waals surface area contributed by atoms with Crippen molar-refractivity contribution in [2.45, 2.75) is 19.1 Å². The van der Waals surface area contributed by atoms with E-state index in [9.17, 15) is 13.2 Å². The molecule has 2 N–H and O–H groups in total. The van der Waals surface area contributed by atoms with E-state index in [-0.39, 0.29) is 11.6 Å². The van der Waals surface area contributed by atoms with Crippen molar-refractivity contribution in [2.24, 2.45) is 5.73 Å². The lowest BCUT2D eigenvalue weighted by Crippen LogP contribution is -2.04. The van der Waals surface area contributed by atoms with Crippen molar-refractivity contribution in [3.63, 3.8) is 0 Å². The van der Waals surface area contributed by atoms with Crippen molar-refractivity contribution in [2.75, 3.05) is 0 Å². The minimum atomic E-state index is -4.45. The predicted molar refractivity (Wildman–Crippen MR) is 53.8 cm³/mol. The van der Waals surface area contributed by atoms with Crippen molar-refractivity contribution < 1.29 is 17.6 Å². The van der Waals surface area contributed by atoms with Gasteiger partial charge >= 0.3 is 6.18 Å². The number of hydrogen-bond donors (Lipinski definition) is 1. The second kappa shape index (κ2) is 3.52. The average molecular weight is 229 g/mol. The number of fused-ring (bicyclic) bond motifs is 1. The highest BCUT2D eigenvalue weighted by molar-refractivity contribution is 5.79. The van der Waals surface area contributed by atoms with Crippen LogP contribution in [0.15, 0.2) is 28.7 Å². The first kappa shape index (κ1) is 11.0. The minimum absolute atomic E-state index is 0.214. The summed E-state index contributed by atoms with van der Waals surface area (Å²) >= 11 is 0. The van der Waals surface area contributed by atoms with Gasteiger partial charge in [0, 0.05) is 11.4 Å². The first-order valence-electron chi connectivity index (χ1n) is 4.74. The van der Waals surface area contributed by atoms with E-state index in [1.165, 1.54) is 6.07 Å². The van der Waals surface area contributed by atoms with Crippen LogP contribution >= 0.6 is 0 Å². The number of alkyl halides is 3. The van der Waals surface area contributed by atoms with E-state index in [0.29, 0.717) is 5.39 Å². The van der Waals surface area contributed by atoms with Crippen molar-refractivity contribution >= 4 is 11.0 Å². The highest BCUT2D eigenvalue weighted by atomic mass is 19.4. The molecule has 0 radical (unpaired) electrons. The lowest BCUT2D eigenvalue weighted by molar-refractivity contribution is -0.152. The molecule has 0 saturated heterocycles. The fourth-order valence-electron chi connectivity index (χ4n) is 1.48. The Morgan fingerprint density at radius 1 is 1.25 bits per heavy atom. The molecule has 16 heavy (non-hydrogen) atoms. The Morgan fingerprint density at radius 2 is 1.94 bits per heavy atom. The molecule has 0 bridgehead atoms. The van der Waals surface area contributed by atoms with Gasteiger partial charge in [-0.3, -0.25) is 0 Å². The van der Waals surface area contributed by atoms with Crippen LogP contribution in [0.25, 0.3) is 11.0 Å². The molecule has 0 aliphatic carbocycles. The number of nitrogens with two attached hydrogens (primary N) is 1. The summed E-state index contributed by atoms with van der Waals surface area (Å²) in [7, 11) is 0. The van der Waals surface area contributed by atoms with E-state index in [2.05, 4.69) is 0 Å². The molecule has 0 aliphatic rings. The second-order valence-electron chi connectivity index (χ2n) is 3.69.